The van der Waals surface area contributed by atoms with Gasteiger partial charge in [-0.3, -0.25) is 4.79 Å². The van der Waals surface area contributed by atoms with Crippen molar-refractivity contribution in [1.82, 2.24) is 5.32 Å². The lowest BCUT2D eigenvalue weighted by Gasteiger charge is -2.24. The molecule has 2 rings (SSSR count). The van der Waals surface area contributed by atoms with E-state index in [2.05, 4.69) is 33.0 Å². The SMILES string of the molecule is Cc1c(C)c(C)c2c(c1C)CNC(=O)C2. The molecule has 0 aliphatic carbocycles. The van der Waals surface area contributed by atoms with Gasteiger partial charge in [0.05, 0.1) is 6.42 Å². The van der Waals surface area contributed by atoms with Crippen LogP contribution >= 0.6 is 0 Å². The summed E-state index contributed by atoms with van der Waals surface area (Å²) >= 11 is 0. The number of hydrogen-bond donors (Lipinski definition) is 1. The maximum atomic E-state index is 11.4. The number of carbonyl (C=O) groups excluding carboxylic acids is 1. The van der Waals surface area contributed by atoms with E-state index in [1.807, 2.05) is 0 Å². The minimum atomic E-state index is 0.147. The quantitative estimate of drug-likeness (QED) is 0.687. The smallest absolute Gasteiger partial charge is 0.224 e. The summed E-state index contributed by atoms with van der Waals surface area (Å²) in [5, 5.41) is 2.91. The molecule has 0 radical (unpaired) electrons. The number of benzene rings is 1. The van der Waals surface area contributed by atoms with Crippen LogP contribution < -0.4 is 5.32 Å². The van der Waals surface area contributed by atoms with E-state index >= 15 is 0 Å². The van der Waals surface area contributed by atoms with Gasteiger partial charge in [0.1, 0.15) is 0 Å². The van der Waals surface area contributed by atoms with Crippen molar-refractivity contribution in [1.29, 1.82) is 0 Å². The lowest BCUT2D eigenvalue weighted by Crippen LogP contribution is -2.32. The summed E-state index contributed by atoms with van der Waals surface area (Å²) in [6.07, 6.45) is 0.545. The predicted molar refractivity (Wildman–Crippen MR) is 60.9 cm³/mol. The second kappa shape index (κ2) is 3.37. The first-order chi connectivity index (χ1) is 7.02. The van der Waals surface area contributed by atoms with E-state index in [1.54, 1.807) is 0 Å². The Labute approximate surface area is 90.7 Å². The molecule has 1 aromatic carbocycles. The van der Waals surface area contributed by atoms with E-state index < -0.39 is 0 Å². The number of amides is 1. The zero-order valence-corrected chi connectivity index (χ0v) is 9.82. The van der Waals surface area contributed by atoms with Gasteiger partial charge in [-0.1, -0.05) is 0 Å². The van der Waals surface area contributed by atoms with Gasteiger partial charge in [0.15, 0.2) is 0 Å². The fourth-order valence-corrected chi connectivity index (χ4v) is 2.36. The molecule has 0 spiro atoms. The molecule has 0 atom stereocenters. The average Bonchev–Trinajstić information content (AvgIpc) is 2.23. The second-order valence-electron chi connectivity index (χ2n) is 4.41. The molecule has 0 unspecified atom stereocenters. The van der Waals surface area contributed by atoms with Crippen molar-refractivity contribution >= 4 is 5.91 Å². The van der Waals surface area contributed by atoms with E-state index in [9.17, 15) is 4.79 Å². The first-order valence-corrected chi connectivity index (χ1v) is 5.37. The third-order valence-corrected chi connectivity index (χ3v) is 3.76. The molecule has 0 aromatic heterocycles. The Balaban J connectivity index is 2.70. The van der Waals surface area contributed by atoms with Crippen molar-refractivity contribution in [3.05, 3.63) is 33.4 Å². The van der Waals surface area contributed by atoms with Gasteiger partial charge >= 0.3 is 0 Å². The predicted octanol–water partition coefficient (Wildman–Crippen LogP) is 2.09. The Morgan fingerprint density at radius 3 is 2.00 bits per heavy atom. The fourth-order valence-electron chi connectivity index (χ4n) is 2.36. The highest BCUT2D eigenvalue weighted by atomic mass is 16.1. The normalized spacial score (nSPS) is 14.8. The number of carbonyl (C=O) groups is 1. The maximum Gasteiger partial charge on any atom is 0.224 e. The van der Waals surface area contributed by atoms with Gasteiger partial charge in [-0.2, -0.15) is 0 Å². The Kier molecular flexibility index (Phi) is 2.29. The Hall–Kier alpha value is -1.31. The lowest BCUT2D eigenvalue weighted by atomic mass is 9.86. The van der Waals surface area contributed by atoms with Gasteiger partial charge in [0.25, 0.3) is 0 Å². The second-order valence-corrected chi connectivity index (χ2v) is 4.41. The van der Waals surface area contributed by atoms with E-state index in [0.29, 0.717) is 13.0 Å². The summed E-state index contributed by atoms with van der Waals surface area (Å²) in [7, 11) is 0. The van der Waals surface area contributed by atoms with Gasteiger partial charge in [0.2, 0.25) is 5.91 Å². The van der Waals surface area contributed by atoms with Crippen LogP contribution in [0.15, 0.2) is 0 Å². The number of hydrogen-bond acceptors (Lipinski definition) is 1. The van der Waals surface area contributed by atoms with Crippen LogP contribution in [0.3, 0.4) is 0 Å². The van der Waals surface area contributed by atoms with Crippen LogP contribution in [0.1, 0.15) is 33.4 Å². The van der Waals surface area contributed by atoms with Crippen LogP contribution in [0.25, 0.3) is 0 Å². The minimum absolute atomic E-state index is 0.147. The first-order valence-electron chi connectivity index (χ1n) is 5.37. The molecule has 2 heteroatoms. The third-order valence-electron chi connectivity index (χ3n) is 3.76. The van der Waals surface area contributed by atoms with Crippen LogP contribution in [-0.2, 0) is 17.8 Å². The molecule has 0 bridgehead atoms. The van der Waals surface area contributed by atoms with Crippen molar-refractivity contribution in [3.8, 4) is 0 Å². The van der Waals surface area contributed by atoms with Gasteiger partial charge < -0.3 is 5.32 Å². The molecule has 80 valence electrons. The highest BCUT2D eigenvalue weighted by Crippen LogP contribution is 2.28. The number of rotatable bonds is 0. The Morgan fingerprint density at radius 2 is 1.40 bits per heavy atom. The standard InChI is InChI=1S/C13H17NO/c1-7-8(2)10(4)12-6-14-13(15)5-11(12)9(7)3/h5-6H2,1-4H3,(H,14,15). The van der Waals surface area contributed by atoms with Crippen molar-refractivity contribution < 1.29 is 4.79 Å². The maximum absolute atomic E-state index is 11.4. The van der Waals surface area contributed by atoms with E-state index in [0.717, 1.165) is 0 Å². The molecule has 1 amide bonds. The highest BCUT2D eigenvalue weighted by Gasteiger charge is 2.21. The topological polar surface area (TPSA) is 29.1 Å². The largest absolute Gasteiger partial charge is 0.352 e. The molecule has 1 aromatic rings. The van der Waals surface area contributed by atoms with Crippen molar-refractivity contribution in [2.75, 3.05) is 0 Å². The van der Waals surface area contributed by atoms with Gasteiger partial charge in [-0.15, -0.1) is 0 Å². The zero-order chi connectivity index (χ0) is 11.2. The number of fused-ring (bicyclic) bond motifs is 1. The molecule has 1 aliphatic rings. The summed E-state index contributed by atoms with van der Waals surface area (Å²) in [4.78, 5) is 11.4. The molecule has 0 fully saturated rings. The van der Waals surface area contributed by atoms with E-state index in [1.165, 1.54) is 33.4 Å². The monoisotopic (exact) mass is 203 g/mol. The van der Waals surface area contributed by atoms with Crippen LogP contribution in [0, 0.1) is 27.7 Å². The first kappa shape index (κ1) is 10.2. The van der Waals surface area contributed by atoms with Gasteiger partial charge in [-0.05, 0) is 61.1 Å². The molecule has 0 saturated carbocycles. The highest BCUT2D eigenvalue weighted by molar-refractivity contribution is 5.81. The zero-order valence-electron chi connectivity index (χ0n) is 9.82. The molecule has 15 heavy (non-hydrogen) atoms. The summed E-state index contributed by atoms with van der Waals surface area (Å²) < 4.78 is 0. The lowest BCUT2D eigenvalue weighted by molar-refractivity contribution is -0.121. The van der Waals surface area contributed by atoms with Crippen molar-refractivity contribution in [2.24, 2.45) is 0 Å². The van der Waals surface area contributed by atoms with E-state index in [-0.39, 0.29) is 5.91 Å². The van der Waals surface area contributed by atoms with Gasteiger partial charge in [0, 0.05) is 6.54 Å². The molecule has 1 aliphatic heterocycles. The molecule has 1 N–H and O–H groups in total. The van der Waals surface area contributed by atoms with Crippen molar-refractivity contribution in [3.63, 3.8) is 0 Å². The molecule has 0 saturated heterocycles. The minimum Gasteiger partial charge on any atom is -0.352 e. The summed E-state index contributed by atoms with van der Waals surface area (Å²) in [6, 6.07) is 0. The summed E-state index contributed by atoms with van der Waals surface area (Å²) in [5.74, 6) is 0.147. The van der Waals surface area contributed by atoms with Gasteiger partial charge in [-0.25, -0.2) is 0 Å². The Morgan fingerprint density at radius 1 is 0.867 bits per heavy atom. The molecular formula is C13H17NO. The Bertz CT molecular complexity index is 447. The third kappa shape index (κ3) is 1.44. The van der Waals surface area contributed by atoms with Crippen LogP contribution in [0.5, 0.6) is 0 Å². The molecule has 2 nitrogen and oxygen atoms in total. The molecular weight excluding hydrogens is 186 g/mol. The fraction of sp³-hybridized carbons (Fsp3) is 0.462. The van der Waals surface area contributed by atoms with E-state index in [4.69, 9.17) is 0 Å². The van der Waals surface area contributed by atoms with Crippen LogP contribution in [0.4, 0.5) is 0 Å². The average molecular weight is 203 g/mol. The van der Waals surface area contributed by atoms with Crippen LogP contribution in [-0.4, -0.2) is 5.91 Å². The number of nitrogens with one attached hydrogen (secondary N) is 1. The summed E-state index contributed by atoms with van der Waals surface area (Å²) in [6.45, 7) is 9.28. The van der Waals surface area contributed by atoms with Crippen LogP contribution in [0.2, 0.25) is 0 Å². The summed E-state index contributed by atoms with van der Waals surface area (Å²) in [5.41, 5.74) is 7.91. The van der Waals surface area contributed by atoms with Crippen molar-refractivity contribution in [2.45, 2.75) is 40.7 Å². The molecule has 1 heterocycles.